The van der Waals surface area contributed by atoms with Crippen molar-refractivity contribution < 1.29 is 14.1 Å². The summed E-state index contributed by atoms with van der Waals surface area (Å²) in [6, 6.07) is 10.2. The molecule has 23 heavy (non-hydrogen) atoms. The van der Waals surface area contributed by atoms with Crippen molar-refractivity contribution in [2.45, 2.75) is 19.3 Å². The van der Waals surface area contributed by atoms with Gasteiger partial charge in [-0.15, -0.1) is 0 Å². The average Bonchev–Trinajstić information content (AvgIpc) is 2.49. The Morgan fingerprint density at radius 3 is 2.39 bits per heavy atom. The molecule has 7 heteroatoms. The van der Waals surface area contributed by atoms with E-state index < -0.39 is 22.1 Å². The van der Waals surface area contributed by atoms with E-state index in [9.17, 15) is 19.3 Å². The van der Waals surface area contributed by atoms with Crippen LogP contribution in [0.5, 0.6) is 0 Å². The van der Waals surface area contributed by atoms with Gasteiger partial charge in [0.05, 0.1) is 16.0 Å². The number of amides is 1. The SMILES string of the molecule is CC(C)(C(=O)Nc1cc([N+](=O)[O-])ccc1F)c1ccc(Br)cc1. The minimum atomic E-state index is -0.933. The fourth-order valence-corrected chi connectivity index (χ4v) is 2.26. The number of benzene rings is 2. The number of nitrogens with zero attached hydrogens (tertiary/aromatic N) is 1. The monoisotopic (exact) mass is 380 g/mol. The highest BCUT2D eigenvalue weighted by molar-refractivity contribution is 9.10. The molecule has 0 radical (unpaired) electrons. The van der Waals surface area contributed by atoms with Gasteiger partial charge in [0.15, 0.2) is 0 Å². The predicted octanol–water partition coefficient (Wildman–Crippen LogP) is 4.41. The second-order valence-corrected chi connectivity index (χ2v) is 6.42. The number of nitro benzene ring substituents is 1. The molecule has 0 aliphatic heterocycles. The Hall–Kier alpha value is -2.28. The molecule has 0 unspecified atom stereocenters. The van der Waals surface area contributed by atoms with Gasteiger partial charge in [-0.3, -0.25) is 14.9 Å². The summed E-state index contributed by atoms with van der Waals surface area (Å²) in [5.41, 5.74) is -0.695. The normalized spacial score (nSPS) is 11.1. The minimum absolute atomic E-state index is 0.214. The largest absolute Gasteiger partial charge is 0.323 e. The van der Waals surface area contributed by atoms with Crippen molar-refractivity contribution in [3.8, 4) is 0 Å². The van der Waals surface area contributed by atoms with Gasteiger partial charge in [0.1, 0.15) is 5.82 Å². The van der Waals surface area contributed by atoms with Crippen molar-refractivity contribution in [2.75, 3.05) is 5.32 Å². The van der Waals surface area contributed by atoms with E-state index >= 15 is 0 Å². The zero-order valence-corrected chi connectivity index (χ0v) is 14.1. The Kier molecular flexibility index (Phi) is 4.79. The van der Waals surface area contributed by atoms with Gasteiger partial charge in [0, 0.05) is 16.6 Å². The number of hydrogen-bond donors (Lipinski definition) is 1. The standard InChI is InChI=1S/C16H14BrFN2O3/c1-16(2,10-3-5-11(17)6-4-10)15(21)19-14-9-12(20(22)23)7-8-13(14)18/h3-9H,1-2H3,(H,19,21). The molecule has 2 aromatic rings. The van der Waals surface area contributed by atoms with E-state index in [0.717, 1.165) is 28.2 Å². The van der Waals surface area contributed by atoms with Crippen LogP contribution in [-0.4, -0.2) is 10.8 Å². The number of halogens is 2. The van der Waals surface area contributed by atoms with Gasteiger partial charge < -0.3 is 5.32 Å². The molecule has 1 amide bonds. The second-order valence-electron chi connectivity index (χ2n) is 5.51. The molecule has 0 saturated carbocycles. The third-order valence-electron chi connectivity index (χ3n) is 3.54. The first-order valence-electron chi connectivity index (χ1n) is 6.73. The second kappa shape index (κ2) is 6.45. The fraction of sp³-hybridized carbons (Fsp3) is 0.188. The van der Waals surface area contributed by atoms with E-state index in [1.807, 2.05) is 0 Å². The summed E-state index contributed by atoms with van der Waals surface area (Å²) in [5, 5.41) is 13.2. The highest BCUT2D eigenvalue weighted by atomic mass is 79.9. The smallest absolute Gasteiger partial charge is 0.271 e. The van der Waals surface area contributed by atoms with Crippen molar-refractivity contribution >= 4 is 33.2 Å². The predicted molar refractivity (Wildman–Crippen MR) is 88.9 cm³/mol. The van der Waals surface area contributed by atoms with E-state index in [1.54, 1.807) is 38.1 Å². The van der Waals surface area contributed by atoms with Crippen molar-refractivity contribution in [1.29, 1.82) is 0 Å². The van der Waals surface area contributed by atoms with Crippen LogP contribution >= 0.6 is 15.9 Å². The summed E-state index contributed by atoms with van der Waals surface area (Å²) in [4.78, 5) is 22.6. The first-order valence-corrected chi connectivity index (χ1v) is 7.52. The molecule has 2 rings (SSSR count). The van der Waals surface area contributed by atoms with Crippen molar-refractivity contribution in [3.63, 3.8) is 0 Å². The molecule has 0 aliphatic rings. The topological polar surface area (TPSA) is 72.2 Å². The number of anilines is 1. The van der Waals surface area contributed by atoms with Gasteiger partial charge in [-0.25, -0.2) is 4.39 Å². The first-order chi connectivity index (χ1) is 10.7. The van der Waals surface area contributed by atoms with Crippen molar-refractivity contribution in [1.82, 2.24) is 0 Å². The van der Waals surface area contributed by atoms with Gasteiger partial charge in [0.25, 0.3) is 5.69 Å². The molecule has 0 atom stereocenters. The molecule has 0 fully saturated rings. The summed E-state index contributed by atoms with van der Waals surface area (Å²) in [6.07, 6.45) is 0. The molecule has 0 aliphatic carbocycles. The summed E-state index contributed by atoms with van der Waals surface area (Å²) < 4.78 is 14.7. The zero-order valence-electron chi connectivity index (χ0n) is 12.5. The van der Waals surface area contributed by atoms with Gasteiger partial charge in [0.2, 0.25) is 5.91 Å². The number of nitrogens with one attached hydrogen (secondary N) is 1. The highest BCUT2D eigenvalue weighted by Crippen LogP contribution is 2.28. The fourth-order valence-electron chi connectivity index (χ4n) is 2.00. The van der Waals surface area contributed by atoms with Crippen LogP contribution in [0, 0.1) is 15.9 Å². The van der Waals surface area contributed by atoms with Crippen LogP contribution in [0.3, 0.4) is 0 Å². The van der Waals surface area contributed by atoms with E-state index in [0.29, 0.717) is 0 Å². The van der Waals surface area contributed by atoms with E-state index in [2.05, 4.69) is 21.2 Å². The third-order valence-corrected chi connectivity index (χ3v) is 4.07. The van der Waals surface area contributed by atoms with E-state index in [4.69, 9.17) is 0 Å². The Bertz CT molecular complexity index is 760. The number of nitro groups is 1. The molecule has 0 heterocycles. The van der Waals surface area contributed by atoms with E-state index in [-0.39, 0.29) is 11.4 Å². The zero-order chi connectivity index (χ0) is 17.2. The highest BCUT2D eigenvalue weighted by Gasteiger charge is 2.30. The maximum Gasteiger partial charge on any atom is 0.271 e. The maximum absolute atomic E-state index is 13.8. The lowest BCUT2D eigenvalue weighted by atomic mass is 9.83. The van der Waals surface area contributed by atoms with Crippen LogP contribution in [0.4, 0.5) is 15.8 Å². The van der Waals surface area contributed by atoms with Gasteiger partial charge >= 0.3 is 0 Å². The number of non-ortho nitro benzene ring substituents is 1. The molecule has 0 saturated heterocycles. The lowest BCUT2D eigenvalue weighted by molar-refractivity contribution is -0.384. The minimum Gasteiger partial charge on any atom is -0.323 e. The van der Waals surface area contributed by atoms with Crippen LogP contribution in [-0.2, 0) is 10.2 Å². The van der Waals surface area contributed by atoms with Gasteiger partial charge in [-0.2, -0.15) is 0 Å². The van der Waals surface area contributed by atoms with Crippen LogP contribution in [0.2, 0.25) is 0 Å². The lowest BCUT2D eigenvalue weighted by Gasteiger charge is -2.24. The molecular formula is C16H14BrFN2O3. The summed E-state index contributed by atoms with van der Waals surface area (Å²) in [5.74, 6) is -1.19. The molecule has 0 aromatic heterocycles. The maximum atomic E-state index is 13.8. The number of carbonyl (C=O) groups excluding carboxylic acids is 1. The van der Waals surface area contributed by atoms with Crippen molar-refractivity contribution in [3.05, 3.63) is 68.4 Å². The first kappa shape index (κ1) is 17.1. The summed E-state index contributed by atoms with van der Waals surface area (Å²) >= 11 is 3.32. The van der Waals surface area contributed by atoms with Gasteiger partial charge in [-0.1, -0.05) is 28.1 Å². The summed E-state index contributed by atoms with van der Waals surface area (Å²) in [6.45, 7) is 3.39. The molecule has 2 aromatic carbocycles. The Morgan fingerprint density at radius 2 is 1.83 bits per heavy atom. The molecule has 0 bridgehead atoms. The number of carbonyl (C=O) groups is 1. The molecule has 1 N–H and O–H groups in total. The quantitative estimate of drug-likeness (QED) is 0.630. The van der Waals surface area contributed by atoms with Crippen LogP contribution < -0.4 is 5.32 Å². The van der Waals surface area contributed by atoms with E-state index in [1.165, 1.54) is 0 Å². The number of rotatable bonds is 4. The lowest BCUT2D eigenvalue weighted by Crippen LogP contribution is -2.35. The van der Waals surface area contributed by atoms with Crippen LogP contribution in [0.15, 0.2) is 46.9 Å². The number of hydrogen-bond acceptors (Lipinski definition) is 3. The van der Waals surface area contributed by atoms with Crippen molar-refractivity contribution in [2.24, 2.45) is 0 Å². The molecule has 0 spiro atoms. The van der Waals surface area contributed by atoms with Gasteiger partial charge in [-0.05, 0) is 37.6 Å². The Labute approximate surface area is 140 Å². The van der Waals surface area contributed by atoms with Crippen LogP contribution in [0.25, 0.3) is 0 Å². The van der Waals surface area contributed by atoms with Crippen LogP contribution in [0.1, 0.15) is 19.4 Å². The molecular weight excluding hydrogens is 367 g/mol. The third kappa shape index (κ3) is 3.73. The molecule has 5 nitrogen and oxygen atoms in total. The Morgan fingerprint density at radius 1 is 1.22 bits per heavy atom. The average molecular weight is 381 g/mol. The summed E-state index contributed by atoms with van der Waals surface area (Å²) in [7, 11) is 0. The Balaban J connectivity index is 2.29. The molecule has 120 valence electrons.